The van der Waals surface area contributed by atoms with Crippen LogP contribution < -0.4 is 5.32 Å². The average molecular weight is 354 g/mol. The second-order valence-electron chi connectivity index (χ2n) is 7.16. The summed E-state index contributed by atoms with van der Waals surface area (Å²) in [4.78, 5) is 22.2. The molecule has 1 aliphatic rings. The molecule has 140 valence electrons. The van der Waals surface area contributed by atoms with E-state index in [1.54, 1.807) is 0 Å². The van der Waals surface area contributed by atoms with Gasteiger partial charge in [-0.1, -0.05) is 38.5 Å². The van der Waals surface area contributed by atoms with E-state index in [9.17, 15) is 4.79 Å². The fraction of sp³-hybridized carbons (Fsp3) is 0.524. The number of amides is 1. The van der Waals surface area contributed by atoms with Gasteiger partial charge in [-0.3, -0.25) is 14.7 Å². The molecule has 1 amide bonds. The maximum absolute atomic E-state index is 12.8. The Hall–Kier alpha value is -1.98. The summed E-state index contributed by atoms with van der Waals surface area (Å²) in [5.41, 5.74) is 4.21. The topological polar surface area (TPSA) is 48.5 Å². The number of fused-ring (bicyclic) bond motifs is 1. The van der Waals surface area contributed by atoms with Crippen LogP contribution >= 0.6 is 0 Å². The zero-order valence-electron chi connectivity index (χ0n) is 16.2. The summed E-state index contributed by atoms with van der Waals surface area (Å²) in [6, 6.07) is 8.11. The molecule has 0 bridgehead atoms. The Morgan fingerprint density at radius 1 is 1.15 bits per heavy atom. The van der Waals surface area contributed by atoms with E-state index < -0.39 is 0 Å². The van der Waals surface area contributed by atoms with Gasteiger partial charge in [0.1, 0.15) is 0 Å². The Labute approximate surface area is 156 Å². The summed E-state index contributed by atoms with van der Waals surface area (Å²) in [7, 11) is 2.13. The highest BCUT2D eigenvalue weighted by Gasteiger charge is 2.19. The zero-order chi connectivity index (χ0) is 18.5. The van der Waals surface area contributed by atoms with E-state index in [1.807, 2.05) is 18.2 Å². The highest BCUT2D eigenvalue weighted by molar-refractivity contribution is 6.03. The summed E-state index contributed by atoms with van der Waals surface area (Å²) < 4.78 is 0. The van der Waals surface area contributed by atoms with E-state index in [0.29, 0.717) is 6.54 Å². The molecule has 3 rings (SSSR count). The number of anilines is 1. The number of nitrogens with one attached hydrogen (secondary N) is 1. The van der Waals surface area contributed by atoms with Crippen molar-refractivity contribution in [3.63, 3.8) is 0 Å². The Morgan fingerprint density at radius 2 is 1.88 bits per heavy atom. The van der Waals surface area contributed by atoms with Crippen molar-refractivity contribution in [3.8, 4) is 0 Å². The summed E-state index contributed by atoms with van der Waals surface area (Å²) in [5.74, 6) is 0.0723. The van der Waals surface area contributed by atoms with Crippen LogP contribution in [0.5, 0.6) is 0 Å². The predicted molar refractivity (Wildman–Crippen MR) is 108 cm³/mol. The van der Waals surface area contributed by atoms with Gasteiger partial charge in [0.05, 0.1) is 17.7 Å². The van der Waals surface area contributed by atoms with Crippen LogP contribution in [0.4, 0.5) is 5.69 Å². The molecule has 1 aliphatic heterocycles. The second kappa shape index (κ2) is 8.60. The number of hydrogen-bond acceptors (Lipinski definition) is 4. The first kappa shape index (κ1) is 18.8. The summed E-state index contributed by atoms with van der Waals surface area (Å²) in [5, 5.41) is 4.27. The van der Waals surface area contributed by atoms with Gasteiger partial charge in [-0.2, -0.15) is 0 Å². The number of aryl methyl sites for hydroxylation is 1. The van der Waals surface area contributed by atoms with Gasteiger partial charge < -0.3 is 10.2 Å². The Bertz CT molecular complexity index is 766. The molecule has 2 aromatic rings. The minimum Gasteiger partial charge on any atom is -0.324 e. The maximum Gasteiger partial charge on any atom is 0.238 e. The number of pyridine rings is 1. The van der Waals surface area contributed by atoms with Crippen LogP contribution in [0.1, 0.15) is 31.5 Å². The molecular formula is C21H30N4O. The highest BCUT2D eigenvalue weighted by Crippen LogP contribution is 2.30. The van der Waals surface area contributed by atoms with Crippen LogP contribution in [0.15, 0.2) is 24.3 Å². The van der Waals surface area contributed by atoms with Crippen molar-refractivity contribution in [1.29, 1.82) is 0 Å². The lowest BCUT2D eigenvalue weighted by Gasteiger charge is -2.31. The van der Waals surface area contributed by atoms with Gasteiger partial charge in [0.15, 0.2) is 0 Å². The molecule has 0 spiro atoms. The van der Waals surface area contributed by atoms with Crippen LogP contribution in [-0.4, -0.2) is 60.5 Å². The van der Waals surface area contributed by atoms with Gasteiger partial charge >= 0.3 is 0 Å². The molecule has 1 aromatic carbocycles. The van der Waals surface area contributed by atoms with Gasteiger partial charge in [-0.05, 0) is 31.5 Å². The van der Waals surface area contributed by atoms with Crippen molar-refractivity contribution in [2.75, 3.05) is 45.1 Å². The van der Waals surface area contributed by atoms with Crippen LogP contribution in [0, 0.1) is 0 Å². The molecule has 0 saturated carbocycles. The first-order chi connectivity index (χ1) is 12.6. The lowest BCUT2D eigenvalue weighted by molar-refractivity contribution is -0.117. The van der Waals surface area contributed by atoms with Crippen molar-refractivity contribution in [1.82, 2.24) is 14.8 Å². The van der Waals surface area contributed by atoms with Gasteiger partial charge in [0.25, 0.3) is 0 Å². The Kier molecular flexibility index (Phi) is 6.22. The molecule has 1 aromatic heterocycles. The molecule has 5 heteroatoms. The fourth-order valence-electron chi connectivity index (χ4n) is 3.66. The summed E-state index contributed by atoms with van der Waals surface area (Å²) in [6.45, 7) is 8.70. The van der Waals surface area contributed by atoms with Gasteiger partial charge in [0.2, 0.25) is 5.91 Å². The molecular weight excluding hydrogens is 324 g/mol. The van der Waals surface area contributed by atoms with Crippen LogP contribution in [0.25, 0.3) is 10.9 Å². The minimum atomic E-state index is 0.0723. The molecule has 2 heterocycles. The highest BCUT2D eigenvalue weighted by atomic mass is 16.2. The monoisotopic (exact) mass is 354 g/mol. The smallest absolute Gasteiger partial charge is 0.238 e. The lowest BCUT2D eigenvalue weighted by Crippen LogP contribution is -2.47. The fourth-order valence-corrected chi connectivity index (χ4v) is 3.66. The quantitative estimate of drug-likeness (QED) is 0.866. The average Bonchev–Trinajstić information content (AvgIpc) is 2.64. The largest absolute Gasteiger partial charge is 0.324 e. The summed E-state index contributed by atoms with van der Waals surface area (Å²) in [6.07, 6.45) is 2.86. The summed E-state index contributed by atoms with van der Waals surface area (Å²) >= 11 is 0. The molecule has 0 unspecified atom stereocenters. The van der Waals surface area contributed by atoms with E-state index in [-0.39, 0.29) is 5.91 Å². The van der Waals surface area contributed by atoms with Gasteiger partial charge in [-0.25, -0.2) is 0 Å². The van der Waals surface area contributed by atoms with Crippen molar-refractivity contribution in [2.24, 2.45) is 0 Å². The number of aromatic nitrogens is 1. The second-order valence-corrected chi connectivity index (χ2v) is 7.16. The predicted octanol–water partition coefficient (Wildman–Crippen LogP) is 2.94. The molecule has 26 heavy (non-hydrogen) atoms. The van der Waals surface area contributed by atoms with E-state index in [1.165, 1.54) is 5.56 Å². The van der Waals surface area contributed by atoms with Crippen molar-refractivity contribution >= 4 is 22.5 Å². The van der Waals surface area contributed by atoms with E-state index in [0.717, 1.165) is 67.7 Å². The van der Waals surface area contributed by atoms with Crippen LogP contribution in [0.3, 0.4) is 0 Å². The SMILES string of the molecule is CCCc1nc2ccccc2c(NC(=O)CN2CCN(C)CC2)c1CC. The minimum absolute atomic E-state index is 0.0723. The number of hydrogen-bond donors (Lipinski definition) is 1. The zero-order valence-corrected chi connectivity index (χ0v) is 16.2. The normalized spacial score (nSPS) is 16.1. The van der Waals surface area contributed by atoms with E-state index >= 15 is 0 Å². The van der Waals surface area contributed by atoms with Crippen molar-refractivity contribution < 1.29 is 4.79 Å². The van der Waals surface area contributed by atoms with E-state index in [2.05, 4.69) is 42.1 Å². The molecule has 1 N–H and O–H groups in total. The number of nitrogens with zero attached hydrogens (tertiary/aromatic N) is 3. The van der Waals surface area contributed by atoms with Crippen LogP contribution in [0.2, 0.25) is 0 Å². The first-order valence-electron chi connectivity index (χ1n) is 9.73. The third-order valence-corrected chi connectivity index (χ3v) is 5.15. The van der Waals surface area contributed by atoms with Crippen LogP contribution in [-0.2, 0) is 17.6 Å². The van der Waals surface area contributed by atoms with Crippen molar-refractivity contribution in [3.05, 3.63) is 35.5 Å². The third kappa shape index (κ3) is 4.22. The number of carbonyl (C=O) groups is 1. The maximum atomic E-state index is 12.8. The van der Waals surface area contributed by atoms with Gasteiger partial charge in [-0.15, -0.1) is 0 Å². The number of benzene rings is 1. The first-order valence-corrected chi connectivity index (χ1v) is 9.73. The third-order valence-electron chi connectivity index (χ3n) is 5.15. The molecule has 0 atom stereocenters. The van der Waals surface area contributed by atoms with E-state index in [4.69, 9.17) is 4.98 Å². The lowest BCUT2D eigenvalue weighted by atomic mass is 10.0. The molecule has 1 fully saturated rings. The molecule has 0 aliphatic carbocycles. The number of para-hydroxylation sites is 1. The standard InChI is InChI=1S/C21H30N4O/c1-4-8-18-16(5-2)21(17-9-6-7-10-19(17)22-18)23-20(26)15-25-13-11-24(3)12-14-25/h6-7,9-10H,4-5,8,11-15H2,1-3H3,(H,22,23,26). The Balaban J connectivity index is 1.86. The molecule has 5 nitrogen and oxygen atoms in total. The number of rotatable bonds is 6. The number of likely N-dealkylation sites (N-methyl/N-ethyl adjacent to an activating group) is 1. The van der Waals surface area contributed by atoms with Gasteiger partial charge in [0, 0.05) is 37.3 Å². The Morgan fingerprint density at radius 3 is 2.58 bits per heavy atom. The molecule has 1 saturated heterocycles. The van der Waals surface area contributed by atoms with Crippen molar-refractivity contribution in [2.45, 2.75) is 33.1 Å². The number of carbonyl (C=O) groups excluding carboxylic acids is 1. The number of piperazine rings is 1. The molecule has 0 radical (unpaired) electrons.